The van der Waals surface area contributed by atoms with E-state index in [4.69, 9.17) is 14.2 Å². The van der Waals surface area contributed by atoms with Crippen molar-refractivity contribution in [2.24, 2.45) is 0 Å². The van der Waals surface area contributed by atoms with Gasteiger partial charge in [0.15, 0.2) is 11.5 Å². The first-order chi connectivity index (χ1) is 10.4. The lowest BCUT2D eigenvalue weighted by molar-refractivity contribution is 0.0117. The Kier molecular flexibility index (Phi) is 3.87. The zero-order chi connectivity index (χ0) is 15.7. The highest BCUT2D eigenvalue weighted by molar-refractivity contribution is 5.69. The van der Waals surface area contributed by atoms with Crippen LogP contribution in [0.15, 0.2) is 18.2 Å². The second-order valence-corrected chi connectivity index (χ2v) is 6.51. The van der Waals surface area contributed by atoms with Crippen LogP contribution in [-0.4, -0.2) is 43.0 Å². The van der Waals surface area contributed by atoms with E-state index in [1.165, 1.54) is 0 Å². The number of carbonyl (C=O) groups excluding carboxylic acids is 1. The third-order valence-electron chi connectivity index (χ3n) is 3.65. The maximum absolute atomic E-state index is 12.5. The minimum absolute atomic E-state index is 0.0712. The molecule has 0 aliphatic carbocycles. The third-order valence-corrected chi connectivity index (χ3v) is 3.65. The molecule has 1 N–H and O–H groups in total. The molecule has 6 nitrogen and oxygen atoms in total. The molecule has 0 radical (unpaired) electrons. The number of piperazine rings is 1. The SMILES string of the molecule is CC(C)(C)OC(=O)N1CCNC[C@@H]1c1ccc2c(c1)OCO2. The Morgan fingerprint density at radius 3 is 2.86 bits per heavy atom. The first-order valence-corrected chi connectivity index (χ1v) is 7.54. The van der Waals surface area contributed by atoms with Crippen LogP contribution >= 0.6 is 0 Å². The molecule has 1 saturated heterocycles. The average molecular weight is 306 g/mol. The quantitative estimate of drug-likeness (QED) is 0.862. The van der Waals surface area contributed by atoms with Gasteiger partial charge >= 0.3 is 6.09 Å². The van der Waals surface area contributed by atoms with Gasteiger partial charge < -0.3 is 19.5 Å². The van der Waals surface area contributed by atoms with E-state index in [1.807, 2.05) is 39.0 Å². The van der Waals surface area contributed by atoms with Crippen molar-refractivity contribution < 1.29 is 19.0 Å². The predicted molar refractivity (Wildman–Crippen MR) is 81.1 cm³/mol. The van der Waals surface area contributed by atoms with Crippen molar-refractivity contribution >= 4 is 6.09 Å². The Bertz CT molecular complexity index is 568. The molecule has 1 amide bonds. The molecule has 1 aromatic carbocycles. The molecular formula is C16H22N2O4. The summed E-state index contributed by atoms with van der Waals surface area (Å²) in [6.45, 7) is 7.96. The van der Waals surface area contributed by atoms with Crippen LogP contribution in [0.3, 0.4) is 0 Å². The van der Waals surface area contributed by atoms with Gasteiger partial charge in [-0.1, -0.05) is 6.07 Å². The fourth-order valence-electron chi connectivity index (χ4n) is 2.66. The lowest BCUT2D eigenvalue weighted by atomic mass is 10.0. The van der Waals surface area contributed by atoms with Gasteiger partial charge in [-0.15, -0.1) is 0 Å². The largest absolute Gasteiger partial charge is 0.454 e. The van der Waals surface area contributed by atoms with Gasteiger partial charge in [-0.3, -0.25) is 4.90 Å². The molecule has 2 aliphatic heterocycles. The number of ether oxygens (including phenoxy) is 3. The van der Waals surface area contributed by atoms with Crippen LogP contribution in [-0.2, 0) is 4.74 Å². The highest BCUT2D eigenvalue weighted by atomic mass is 16.7. The third kappa shape index (κ3) is 3.11. The van der Waals surface area contributed by atoms with Crippen molar-refractivity contribution in [2.45, 2.75) is 32.4 Å². The Hall–Kier alpha value is -1.95. The van der Waals surface area contributed by atoms with Crippen LogP contribution in [0.4, 0.5) is 4.79 Å². The van der Waals surface area contributed by atoms with Crippen molar-refractivity contribution in [3.8, 4) is 11.5 Å². The predicted octanol–water partition coefficient (Wildman–Crippen LogP) is 2.30. The van der Waals surface area contributed by atoms with Crippen LogP contribution in [0.1, 0.15) is 32.4 Å². The lowest BCUT2D eigenvalue weighted by Gasteiger charge is -2.37. The van der Waals surface area contributed by atoms with E-state index < -0.39 is 5.60 Å². The summed E-state index contributed by atoms with van der Waals surface area (Å²) in [4.78, 5) is 14.2. The topological polar surface area (TPSA) is 60.0 Å². The maximum atomic E-state index is 12.5. The zero-order valence-electron chi connectivity index (χ0n) is 13.2. The second-order valence-electron chi connectivity index (χ2n) is 6.51. The van der Waals surface area contributed by atoms with E-state index in [9.17, 15) is 4.79 Å². The maximum Gasteiger partial charge on any atom is 0.410 e. The molecule has 0 aromatic heterocycles. The van der Waals surface area contributed by atoms with Gasteiger partial charge in [0.05, 0.1) is 6.04 Å². The fourth-order valence-corrected chi connectivity index (χ4v) is 2.66. The molecule has 1 aromatic rings. The number of rotatable bonds is 1. The lowest BCUT2D eigenvalue weighted by Crippen LogP contribution is -2.50. The first kappa shape index (κ1) is 15.0. The summed E-state index contributed by atoms with van der Waals surface area (Å²) in [5, 5.41) is 3.33. The monoisotopic (exact) mass is 306 g/mol. The van der Waals surface area contributed by atoms with Crippen LogP contribution in [0.25, 0.3) is 0 Å². The van der Waals surface area contributed by atoms with Crippen LogP contribution < -0.4 is 14.8 Å². The van der Waals surface area contributed by atoms with Crippen molar-refractivity contribution in [2.75, 3.05) is 26.4 Å². The molecule has 2 heterocycles. The smallest absolute Gasteiger partial charge is 0.410 e. The molecule has 22 heavy (non-hydrogen) atoms. The van der Waals surface area contributed by atoms with E-state index in [1.54, 1.807) is 4.90 Å². The number of carbonyl (C=O) groups is 1. The normalized spacial score (nSPS) is 20.9. The van der Waals surface area contributed by atoms with Crippen molar-refractivity contribution in [1.82, 2.24) is 10.2 Å². The van der Waals surface area contributed by atoms with E-state index in [2.05, 4.69) is 5.32 Å². The van der Waals surface area contributed by atoms with E-state index in [0.29, 0.717) is 13.1 Å². The Morgan fingerprint density at radius 1 is 1.32 bits per heavy atom. The molecule has 0 unspecified atom stereocenters. The van der Waals surface area contributed by atoms with Crippen LogP contribution in [0.5, 0.6) is 11.5 Å². The van der Waals surface area contributed by atoms with Crippen molar-refractivity contribution in [3.05, 3.63) is 23.8 Å². The Labute approximate surface area is 130 Å². The summed E-state index contributed by atoms with van der Waals surface area (Å²) in [6, 6.07) is 5.73. The number of fused-ring (bicyclic) bond motifs is 1. The van der Waals surface area contributed by atoms with Crippen LogP contribution in [0.2, 0.25) is 0 Å². The number of amides is 1. The molecular weight excluding hydrogens is 284 g/mol. The molecule has 6 heteroatoms. The summed E-state index contributed by atoms with van der Waals surface area (Å²) in [6.07, 6.45) is -0.281. The van der Waals surface area contributed by atoms with Gasteiger partial charge in [0, 0.05) is 19.6 Å². The van der Waals surface area contributed by atoms with E-state index in [-0.39, 0.29) is 18.9 Å². The summed E-state index contributed by atoms with van der Waals surface area (Å²) < 4.78 is 16.3. The van der Waals surface area contributed by atoms with E-state index >= 15 is 0 Å². The molecule has 0 spiro atoms. The van der Waals surface area contributed by atoms with E-state index in [0.717, 1.165) is 23.6 Å². The molecule has 1 atom stereocenters. The number of nitrogens with one attached hydrogen (secondary N) is 1. The second kappa shape index (κ2) is 5.68. The van der Waals surface area contributed by atoms with Crippen molar-refractivity contribution in [1.29, 1.82) is 0 Å². The Morgan fingerprint density at radius 2 is 2.09 bits per heavy atom. The molecule has 0 saturated carbocycles. The number of hydrogen-bond acceptors (Lipinski definition) is 5. The zero-order valence-corrected chi connectivity index (χ0v) is 13.2. The number of nitrogens with zero attached hydrogens (tertiary/aromatic N) is 1. The highest BCUT2D eigenvalue weighted by Crippen LogP contribution is 2.36. The summed E-state index contributed by atoms with van der Waals surface area (Å²) in [5.74, 6) is 1.48. The van der Waals surface area contributed by atoms with Gasteiger partial charge in [-0.2, -0.15) is 0 Å². The standard InChI is InChI=1S/C16H22N2O4/c1-16(2,3)22-15(19)18-7-6-17-9-12(18)11-4-5-13-14(8-11)21-10-20-13/h4-5,8,12,17H,6-7,9-10H2,1-3H3/t12-/m1/s1. The summed E-state index contributed by atoms with van der Waals surface area (Å²) in [5.41, 5.74) is 0.517. The minimum atomic E-state index is -0.499. The molecule has 1 fully saturated rings. The average Bonchev–Trinajstić information content (AvgIpc) is 2.92. The van der Waals surface area contributed by atoms with Crippen LogP contribution in [0, 0.1) is 0 Å². The minimum Gasteiger partial charge on any atom is -0.454 e. The fraction of sp³-hybridized carbons (Fsp3) is 0.562. The molecule has 120 valence electrons. The van der Waals surface area contributed by atoms with Gasteiger partial charge in [0.25, 0.3) is 0 Å². The molecule has 3 rings (SSSR count). The highest BCUT2D eigenvalue weighted by Gasteiger charge is 2.32. The summed E-state index contributed by atoms with van der Waals surface area (Å²) >= 11 is 0. The first-order valence-electron chi connectivity index (χ1n) is 7.54. The van der Waals surface area contributed by atoms with Gasteiger partial charge in [0.2, 0.25) is 6.79 Å². The van der Waals surface area contributed by atoms with Gasteiger partial charge in [-0.05, 0) is 38.5 Å². The van der Waals surface area contributed by atoms with Gasteiger partial charge in [0.1, 0.15) is 5.60 Å². The number of hydrogen-bond donors (Lipinski definition) is 1. The number of benzene rings is 1. The molecule has 2 aliphatic rings. The van der Waals surface area contributed by atoms with Gasteiger partial charge in [-0.25, -0.2) is 4.79 Å². The summed E-state index contributed by atoms with van der Waals surface area (Å²) in [7, 11) is 0. The molecule has 0 bridgehead atoms. The van der Waals surface area contributed by atoms with Crippen molar-refractivity contribution in [3.63, 3.8) is 0 Å². The Balaban J connectivity index is 1.82.